The Morgan fingerprint density at radius 2 is 1.63 bits per heavy atom. The maximum atomic E-state index is 14.4. The standard InChI is InChI=1S/C50H64N4O6/c1-11-33-30(7)37-23-38-31(8)35(19-20-43(56)60-22-21-29(6)18-14-17-28(5)16-13-15-27(3)4)47(53-38)45-46(50(58)59-10)49(57)44-32(9)39(54-48(44)45)24-41-34(12-2)36(26-55)42(52-41)25-40(33)51-37/h11,21,23-28,31,35,46,51-54H,1,12-20,22H2,2-10H3/b29-21+,38-23-,41-24-,42-25-,47-45-/t28-,31+,35+,46-/m1/s1. The van der Waals surface area contributed by atoms with Crippen molar-refractivity contribution in [3.8, 4) is 0 Å². The monoisotopic (exact) mass is 816 g/mol. The first-order valence-electron chi connectivity index (χ1n) is 21.9. The van der Waals surface area contributed by atoms with Crippen molar-refractivity contribution in [2.24, 2.45) is 29.6 Å². The van der Waals surface area contributed by atoms with Gasteiger partial charge in [0.15, 0.2) is 12.1 Å². The fourth-order valence-corrected chi connectivity index (χ4v) is 9.42. The van der Waals surface area contributed by atoms with Gasteiger partial charge >= 0.3 is 11.9 Å². The molecule has 3 aromatic heterocycles. The number of hydrogen-bond acceptors (Lipinski definition) is 7. The van der Waals surface area contributed by atoms with Crippen LogP contribution in [0, 0.1) is 43.4 Å². The second kappa shape index (κ2) is 18.9. The highest BCUT2D eigenvalue weighted by molar-refractivity contribution is 6.24. The molecule has 2 aliphatic heterocycles. The molecule has 0 saturated carbocycles. The number of aromatic amines is 3. The quantitative estimate of drug-likeness (QED) is 0.0461. The lowest BCUT2D eigenvalue weighted by Crippen LogP contribution is -2.25. The molecule has 0 spiro atoms. The maximum absolute atomic E-state index is 14.4. The second-order valence-electron chi connectivity index (χ2n) is 17.6. The summed E-state index contributed by atoms with van der Waals surface area (Å²) in [7, 11) is 1.30. The molecule has 0 unspecified atom stereocenters. The molecule has 0 amide bonds. The number of nitrogens with one attached hydrogen (secondary N) is 4. The van der Waals surface area contributed by atoms with Gasteiger partial charge in [-0.15, -0.1) is 0 Å². The van der Waals surface area contributed by atoms with Crippen molar-refractivity contribution in [3.05, 3.63) is 96.5 Å². The Morgan fingerprint density at radius 3 is 2.32 bits per heavy atom. The molecule has 0 radical (unpaired) electrons. The molecule has 6 rings (SSSR count). The van der Waals surface area contributed by atoms with Crippen LogP contribution in [0.4, 0.5) is 0 Å². The molecule has 1 saturated heterocycles. The fraction of sp³-hybridized carbons (Fsp3) is 0.480. The average molecular weight is 817 g/mol. The van der Waals surface area contributed by atoms with Crippen LogP contribution in [-0.2, 0) is 25.5 Å². The summed E-state index contributed by atoms with van der Waals surface area (Å²) in [6.45, 7) is 21.3. The molecule has 3 aromatic rings. The predicted molar refractivity (Wildman–Crippen MR) is 239 cm³/mol. The number of Topliss-reactive ketones (excluding diaryl/α,β-unsaturated/α-hetero) is 1. The Labute approximate surface area is 354 Å². The molecular weight excluding hydrogens is 753 g/mol. The number of ketones is 1. The smallest absolute Gasteiger partial charge is 0.321 e. The van der Waals surface area contributed by atoms with Crippen LogP contribution in [0.2, 0.25) is 0 Å². The molecule has 1 aliphatic carbocycles. The minimum atomic E-state index is -1.19. The topological polar surface area (TPSA) is 146 Å². The first-order valence-corrected chi connectivity index (χ1v) is 21.9. The first kappa shape index (κ1) is 44.2. The molecule has 1 fully saturated rings. The number of fused-ring (bicyclic) bond motifs is 7. The molecule has 5 heterocycles. The van der Waals surface area contributed by atoms with E-state index in [-0.39, 0.29) is 36.6 Å². The number of aldehydes is 1. The van der Waals surface area contributed by atoms with Crippen molar-refractivity contribution in [1.29, 1.82) is 0 Å². The van der Waals surface area contributed by atoms with E-state index in [0.29, 0.717) is 63.5 Å². The number of allylic oxidation sites excluding steroid dienone is 3. The van der Waals surface area contributed by atoms with Crippen LogP contribution in [0.25, 0.3) is 29.9 Å². The van der Waals surface area contributed by atoms with E-state index in [1.54, 1.807) is 0 Å². The van der Waals surface area contributed by atoms with E-state index in [2.05, 4.69) is 67.5 Å². The van der Waals surface area contributed by atoms with Crippen molar-refractivity contribution in [1.82, 2.24) is 20.3 Å². The van der Waals surface area contributed by atoms with Crippen molar-refractivity contribution in [3.63, 3.8) is 0 Å². The minimum absolute atomic E-state index is 0.132. The molecule has 4 atom stereocenters. The molecule has 0 aromatic carbocycles. The van der Waals surface area contributed by atoms with E-state index >= 15 is 0 Å². The molecule has 10 heteroatoms. The number of carbonyl (C=O) groups excluding carboxylic acids is 4. The number of hydrogen-bond donors (Lipinski definition) is 4. The van der Waals surface area contributed by atoms with Crippen molar-refractivity contribution in [2.45, 2.75) is 113 Å². The second-order valence-corrected chi connectivity index (χ2v) is 17.6. The number of carbonyl (C=O) groups is 4. The summed E-state index contributed by atoms with van der Waals surface area (Å²) < 4.78 is 11.0. The lowest BCUT2D eigenvalue weighted by Gasteiger charge is -2.19. The normalized spacial score (nSPS) is 22.0. The molecule has 4 N–H and O–H groups in total. The van der Waals surface area contributed by atoms with Gasteiger partial charge in [-0.2, -0.15) is 0 Å². The third kappa shape index (κ3) is 8.89. The van der Waals surface area contributed by atoms with Gasteiger partial charge in [-0.25, -0.2) is 0 Å². The Morgan fingerprint density at radius 1 is 0.917 bits per heavy atom. The zero-order valence-electron chi connectivity index (χ0n) is 37.1. The number of methoxy groups -OCH3 is 1. The van der Waals surface area contributed by atoms with E-state index in [1.807, 2.05) is 45.1 Å². The summed E-state index contributed by atoms with van der Waals surface area (Å²) in [5.41, 5.74) is 10.6. The van der Waals surface area contributed by atoms with E-state index in [9.17, 15) is 19.2 Å². The summed E-state index contributed by atoms with van der Waals surface area (Å²) in [6, 6.07) is 0. The number of esters is 2. The lowest BCUT2D eigenvalue weighted by atomic mass is 9.85. The number of aromatic nitrogens is 3. The number of ether oxygens (including phenoxy) is 2. The van der Waals surface area contributed by atoms with Crippen LogP contribution in [0.1, 0.15) is 159 Å². The predicted octanol–water partition coefficient (Wildman–Crippen LogP) is 8.77. The van der Waals surface area contributed by atoms with E-state index in [4.69, 9.17) is 9.47 Å². The van der Waals surface area contributed by atoms with Crippen LogP contribution < -0.4 is 16.0 Å². The van der Waals surface area contributed by atoms with Gasteiger partial charge in [0.25, 0.3) is 0 Å². The minimum Gasteiger partial charge on any atom is -0.468 e. The van der Waals surface area contributed by atoms with E-state index in [0.717, 1.165) is 64.2 Å². The Hall–Kier alpha value is -5.38. The highest BCUT2D eigenvalue weighted by Crippen LogP contribution is 2.48. The first-order chi connectivity index (χ1) is 28.7. The largest absolute Gasteiger partial charge is 0.468 e. The number of H-pyrrole nitrogens is 3. The van der Waals surface area contributed by atoms with Gasteiger partial charge in [0.1, 0.15) is 12.5 Å². The van der Waals surface area contributed by atoms with Gasteiger partial charge in [0.2, 0.25) is 0 Å². The number of rotatable bonds is 17. The lowest BCUT2D eigenvalue weighted by molar-refractivity contribution is -0.143. The molecule has 320 valence electrons. The SMILES string of the molecule is C=Cc1c2[nH]c(c1C)/C=C1\N/C(=C3\c4[nH]c(c(C)c4C(=O)[C@@H]3C(=O)OC)/C=c3\[nH]/c(c(C=O)c3CC)=C\2)[C@@H](CCC(=O)OC/C=C(\C)CCC[C@H](C)CCCC(C)C)[C@@H]1C. The third-order valence-corrected chi connectivity index (χ3v) is 13.0. The van der Waals surface area contributed by atoms with Gasteiger partial charge in [-0.05, 0) is 99.3 Å². The zero-order chi connectivity index (χ0) is 43.4. The summed E-state index contributed by atoms with van der Waals surface area (Å²) >= 11 is 0. The third-order valence-electron chi connectivity index (χ3n) is 13.0. The zero-order valence-corrected chi connectivity index (χ0v) is 37.1. The highest BCUT2D eigenvalue weighted by Gasteiger charge is 2.48. The van der Waals surface area contributed by atoms with Gasteiger partial charge in [0, 0.05) is 74.3 Å². The van der Waals surface area contributed by atoms with Crippen molar-refractivity contribution >= 4 is 53.9 Å². The van der Waals surface area contributed by atoms with E-state index in [1.165, 1.54) is 38.4 Å². The maximum Gasteiger partial charge on any atom is 0.321 e. The molecule has 3 aliphatic rings. The van der Waals surface area contributed by atoms with Gasteiger partial charge in [0.05, 0.1) is 18.2 Å². The van der Waals surface area contributed by atoms with E-state index < -0.39 is 11.9 Å². The summed E-state index contributed by atoms with van der Waals surface area (Å²) in [5, 5.41) is 5.07. The molecule has 10 nitrogen and oxygen atoms in total. The van der Waals surface area contributed by atoms with Crippen LogP contribution in [-0.4, -0.2) is 52.7 Å². The van der Waals surface area contributed by atoms with Crippen LogP contribution in [0.5, 0.6) is 0 Å². The Bertz CT molecular complexity index is 2390. The summed E-state index contributed by atoms with van der Waals surface area (Å²) in [5.74, 6) is -1.39. The molecule has 60 heavy (non-hydrogen) atoms. The van der Waals surface area contributed by atoms with Crippen molar-refractivity contribution < 1.29 is 28.7 Å². The van der Waals surface area contributed by atoms with Gasteiger partial charge in [-0.3, -0.25) is 19.2 Å². The van der Waals surface area contributed by atoms with Crippen LogP contribution in [0.15, 0.2) is 29.6 Å². The van der Waals surface area contributed by atoms with Crippen molar-refractivity contribution in [2.75, 3.05) is 13.7 Å². The summed E-state index contributed by atoms with van der Waals surface area (Å²) in [6.07, 6.45) is 19.0. The summed E-state index contributed by atoms with van der Waals surface area (Å²) in [4.78, 5) is 64.4. The average Bonchev–Trinajstić information content (AvgIpc) is 3.96. The molecular formula is C50H64N4O6. The Kier molecular flexibility index (Phi) is 13.9. The fourth-order valence-electron chi connectivity index (χ4n) is 9.42. The molecule has 8 bridgehead atoms. The van der Waals surface area contributed by atoms with Gasteiger partial charge in [-0.1, -0.05) is 78.5 Å². The van der Waals surface area contributed by atoms with Crippen LogP contribution >= 0.6 is 0 Å². The Balaban J connectivity index is 1.35. The van der Waals surface area contributed by atoms with Crippen LogP contribution in [0.3, 0.4) is 0 Å². The van der Waals surface area contributed by atoms with Gasteiger partial charge < -0.3 is 29.7 Å². The highest BCUT2D eigenvalue weighted by atomic mass is 16.5.